The van der Waals surface area contributed by atoms with Crippen LogP contribution in [0.3, 0.4) is 0 Å². The molecule has 19 heavy (non-hydrogen) atoms. The lowest BCUT2D eigenvalue weighted by molar-refractivity contribution is 0.628. The van der Waals surface area contributed by atoms with Gasteiger partial charge in [0, 0.05) is 17.2 Å². The normalized spacial score (nSPS) is 12.4. The van der Waals surface area contributed by atoms with Crippen LogP contribution in [0.4, 0.5) is 4.39 Å². The van der Waals surface area contributed by atoms with Gasteiger partial charge in [-0.3, -0.25) is 0 Å². The maximum atomic E-state index is 13.3. The van der Waals surface area contributed by atoms with Crippen molar-refractivity contribution >= 4 is 0 Å². The molecule has 0 saturated carbocycles. The summed E-state index contributed by atoms with van der Waals surface area (Å²) in [4.78, 5) is 8.97. The van der Waals surface area contributed by atoms with Gasteiger partial charge < -0.3 is 5.73 Å². The molecule has 1 atom stereocenters. The van der Waals surface area contributed by atoms with Gasteiger partial charge in [-0.05, 0) is 38.1 Å². The molecule has 1 aromatic carbocycles. The van der Waals surface area contributed by atoms with E-state index < -0.39 is 0 Å². The molecule has 0 aliphatic heterocycles. The van der Waals surface area contributed by atoms with Gasteiger partial charge in [-0.2, -0.15) is 0 Å². The zero-order valence-corrected chi connectivity index (χ0v) is 11.2. The number of nitrogens with two attached hydrogens (primary N) is 1. The number of halogens is 1. The Hall–Kier alpha value is -1.81. The number of aromatic nitrogens is 2. The number of hydrogen-bond acceptors (Lipinski definition) is 3. The van der Waals surface area contributed by atoms with Gasteiger partial charge in [0.05, 0.1) is 5.69 Å². The van der Waals surface area contributed by atoms with Crippen LogP contribution in [0.25, 0.3) is 11.3 Å². The van der Waals surface area contributed by atoms with Crippen molar-refractivity contribution < 1.29 is 4.39 Å². The molecule has 100 valence electrons. The van der Waals surface area contributed by atoms with Crippen LogP contribution in [0, 0.1) is 12.7 Å². The lowest BCUT2D eigenvalue weighted by Gasteiger charge is -2.11. The van der Waals surface area contributed by atoms with Crippen molar-refractivity contribution in [3.8, 4) is 11.3 Å². The van der Waals surface area contributed by atoms with E-state index >= 15 is 0 Å². The smallest absolute Gasteiger partial charge is 0.132 e. The lowest BCUT2D eigenvalue weighted by Crippen LogP contribution is -2.09. The molecular weight excluding hydrogens is 241 g/mol. The number of benzene rings is 1. The third-order valence-electron chi connectivity index (χ3n) is 3.03. The topological polar surface area (TPSA) is 51.8 Å². The third kappa shape index (κ3) is 3.35. The molecule has 4 heteroatoms. The Morgan fingerprint density at radius 3 is 2.74 bits per heavy atom. The molecule has 1 heterocycles. The molecule has 0 spiro atoms. The van der Waals surface area contributed by atoms with E-state index in [0.29, 0.717) is 6.54 Å². The first-order chi connectivity index (χ1) is 9.10. The van der Waals surface area contributed by atoms with Crippen LogP contribution in [0.5, 0.6) is 0 Å². The standard InChI is InChI=1S/C15H18FN3/c1-10(6-7-17)15-18-11(2)8-14(19-15)12-4-3-5-13(16)9-12/h3-5,8-10H,6-7,17H2,1-2H3. The number of hydrogen-bond donors (Lipinski definition) is 1. The molecule has 0 aliphatic rings. The lowest BCUT2D eigenvalue weighted by atomic mass is 10.1. The predicted octanol–water partition coefficient (Wildman–Crippen LogP) is 3.04. The summed E-state index contributed by atoms with van der Waals surface area (Å²) in [5, 5.41) is 0. The number of aryl methyl sites for hydroxylation is 1. The van der Waals surface area contributed by atoms with Crippen molar-refractivity contribution in [2.75, 3.05) is 6.54 Å². The van der Waals surface area contributed by atoms with E-state index in [0.717, 1.165) is 29.2 Å². The molecule has 0 aliphatic carbocycles. The molecule has 2 rings (SSSR count). The second-order valence-electron chi connectivity index (χ2n) is 4.74. The van der Waals surface area contributed by atoms with Crippen molar-refractivity contribution in [3.63, 3.8) is 0 Å². The van der Waals surface area contributed by atoms with Crippen LogP contribution >= 0.6 is 0 Å². The minimum absolute atomic E-state index is 0.206. The van der Waals surface area contributed by atoms with Crippen LogP contribution in [0.15, 0.2) is 30.3 Å². The van der Waals surface area contributed by atoms with E-state index in [1.165, 1.54) is 12.1 Å². The summed E-state index contributed by atoms with van der Waals surface area (Å²) in [6, 6.07) is 8.31. The molecule has 0 radical (unpaired) electrons. The summed E-state index contributed by atoms with van der Waals surface area (Å²) in [7, 11) is 0. The first kappa shape index (κ1) is 13.6. The Kier molecular flexibility index (Phi) is 4.22. The average molecular weight is 259 g/mol. The minimum atomic E-state index is -0.259. The van der Waals surface area contributed by atoms with Crippen LogP contribution in [0.1, 0.15) is 30.8 Å². The van der Waals surface area contributed by atoms with E-state index in [4.69, 9.17) is 5.73 Å². The van der Waals surface area contributed by atoms with Crippen molar-refractivity contribution in [3.05, 3.63) is 47.7 Å². The zero-order chi connectivity index (χ0) is 13.8. The van der Waals surface area contributed by atoms with Gasteiger partial charge in [0.15, 0.2) is 0 Å². The highest BCUT2D eigenvalue weighted by molar-refractivity contribution is 5.59. The van der Waals surface area contributed by atoms with E-state index in [2.05, 4.69) is 16.9 Å². The number of rotatable bonds is 4. The minimum Gasteiger partial charge on any atom is -0.330 e. The molecule has 2 N–H and O–H groups in total. The molecule has 3 nitrogen and oxygen atoms in total. The molecule has 1 aromatic heterocycles. The fraction of sp³-hybridized carbons (Fsp3) is 0.333. The van der Waals surface area contributed by atoms with Crippen molar-refractivity contribution in [1.82, 2.24) is 9.97 Å². The first-order valence-corrected chi connectivity index (χ1v) is 6.41. The molecule has 0 amide bonds. The summed E-state index contributed by atoms with van der Waals surface area (Å²) in [5.74, 6) is 0.715. The summed E-state index contributed by atoms with van der Waals surface area (Å²) in [6.07, 6.45) is 0.839. The van der Waals surface area contributed by atoms with Gasteiger partial charge in [-0.15, -0.1) is 0 Å². The first-order valence-electron chi connectivity index (χ1n) is 6.41. The fourth-order valence-electron chi connectivity index (χ4n) is 1.99. The second-order valence-corrected chi connectivity index (χ2v) is 4.74. The van der Waals surface area contributed by atoms with E-state index in [9.17, 15) is 4.39 Å². The molecule has 2 aromatic rings. The van der Waals surface area contributed by atoms with Gasteiger partial charge >= 0.3 is 0 Å². The van der Waals surface area contributed by atoms with Crippen molar-refractivity contribution in [1.29, 1.82) is 0 Å². The van der Waals surface area contributed by atoms with E-state index in [-0.39, 0.29) is 11.7 Å². The number of nitrogens with zero attached hydrogens (tertiary/aromatic N) is 2. The van der Waals surface area contributed by atoms with Crippen LogP contribution in [-0.4, -0.2) is 16.5 Å². The Balaban J connectivity index is 2.41. The summed E-state index contributed by atoms with van der Waals surface area (Å²) < 4.78 is 13.3. The van der Waals surface area contributed by atoms with Crippen LogP contribution in [0.2, 0.25) is 0 Å². The summed E-state index contributed by atoms with van der Waals surface area (Å²) in [6.45, 7) is 4.58. The summed E-state index contributed by atoms with van der Waals surface area (Å²) in [5.41, 5.74) is 7.98. The maximum absolute atomic E-state index is 13.3. The van der Waals surface area contributed by atoms with Gasteiger partial charge in [-0.1, -0.05) is 19.1 Å². The SMILES string of the molecule is Cc1cc(-c2cccc(F)c2)nc(C(C)CCN)n1. The highest BCUT2D eigenvalue weighted by Gasteiger charge is 2.11. The van der Waals surface area contributed by atoms with Crippen LogP contribution in [-0.2, 0) is 0 Å². The van der Waals surface area contributed by atoms with Gasteiger partial charge in [-0.25, -0.2) is 14.4 Å². The summed E-state index contributed by atoms with van der Waals surface area (Å²) >= 11 is 0. The largest absolute Gasteiger partial charge is 0.330 e. The van der Waals surface area contributed by atoms with Crippen molar-refractivity contribution in [2.24, 2.45) is 5.73 Å². The Bertz CT molecular complexity index is 569. The Morgan fingerprint density at radius 2 is 2.05 bits per heavy atom. The van der Waals surface area contributed by atoms with E-state index in [1.807, 2.05) is 19.1 Å². The Morgan fingerprint density at radius 1 is 1.26 bits per heavy atom. The molecule has 0 bridgehead atoms. The molecular formula is C15H18FN3. The van der Waals surface area contributed by atoms with Crippen molar-refractivity contribution in [2.45, 2.75) is 26.2 Å². The highest BCUT2D eigenvalue weighted by Crippen LogP contribution is 2.22. The highest BCUT2D eigenvalue weighted by atomic mass is 19.1. The monoisotopic (exact) mass is 259 g/mol. The zero-order valence-electron chi connectivity index (χ0n) is 11.2. The average Bonchev–Trinajstić information content (AvgIpc) is 2.38. The van der Waals surface area contributed by atoms with Gasteiger partial charge in [0.1, 0.15) is 11.6 Å². The third-order valence-corrected chi connectivity index (χ3v) is 3.03. The van der Waals surface area contributed by atoms with E-state index in [1.54, 1.807) is 6.07 Å². The van der Waals surface area contributed by atoms with Gasteiger partial charge in [0.25, 0.3) is 0 Å². The second kappa shape index (κ2) is 5.89. The maximum Gasteiger partial charge on any atom is 0.132 e. The van der Waals surface area contributed by atoms with Gasteiger partial charge in [0.2, 0.25) is 0 Å². The Labute approximate surface area is 112 Å². The predicted molar refractivity (Wildman–Crippen MR) is 74.2 cm³/mol. The molecule has 1 unspecified atom stereocenters. The molecule has 0 saturated heterocycles. The quantitative estimate of drug-likeness (QED) is 0.918. The molecule has 0 fully saturated rings. The van der Waals surface area contributed by atoms with Crippen LogP contribution < -0.4 is 5.73 Å². The fourth-order valence-corrected chi connectivity index (χ4v) is 1.99.